The van der Waals surface area contributed by atoms with Crippen LogP contribution >= 0.6 is 0 Å². The van der Waals surface area contributed by atoms with Crippen molar-refractivity contribution in [1.82, 2.24) is 10.2 Å². The Morgan fingerprint density at radius 3 is 2.36 bits per heavy atom. The maximum Gasteiger partial charge on any atom is 0.224 e. The number of nitrogens with one attached hydrogen (secondary N) is 1. The number of benzene rings is 3. The molecule has 1 amide bonds. The molecule has 3 aromatic carbocycles. The highest BCUT2D eigenvalue weighted by molar-refractivity contribution is 5.79. The van der Waals surface area contributed by atoms with Crippen molar-refractivity contribution in [3.05, 3.63) is 94.8 Å². The number of hydrogen-bond acceptors (Lipinski definition) is 4. The van der Waals surface area contributed by atoms with Crippen LogP contribution in [0.1, 0.15) is 47.6 Å². The van der Waals surface area contributed by atoms with E-state index >= 15 is 0 Å². The molecule has 1 saturated heterocycles. The molecule has 6 heteroatoms. The number of aryl methyl sites for hydroxylation is 1. The van der Waals surface area contributed by atoms with Crippen LogP contribution < -0.4 is 14.8 Å². The third kappa shape index (κ3) is 6.24. The van der Waals surface area contributed by atoms with Crippen molar-refractivity contribution in [2.24, 2.45) is 5.92 Å². The second-order valence-electron chi connectivity index (χ2n) is 9.69. The summed E-state index contributed by atoms with van der Waals surface area (Å²) in [5, 5.41) is 3.21. The lowest BCUT2D eigenvalue weighted by Crippen LogP contribution is -2.45. The number of methoxy groups -OCH3 is 2. The maximum atomic E-state index is 14.0. The lowest BCUT2D eigenvalue weighted by Gasteiger charge is -2.38. The molecule has 5 nitrogen and oxygen atoms in total. The molecule has 1 heterocycles. The molecule has 4 rings (SSSR count). The summed E-state index contributed by atoms with van der Waals surface area (Å²) in [7, 11) is 3.28. The highest BCUT2D eigenvalue weighted by atomic mass is 19.1. The van der Waals surface area contributed by atoms with Crippen molar-refractivity contribution in [3.63, 3.8) is 0 Å². The van der Waals surface area contributed by atoms with E-state index in [1.807, 2.05) is 67.6 Å². The molecular weight excluding hydrogens is 455 g/mol. The quantitative estimate of drug-likeness (QED) is 0.444. The van der Waals surface area contributed by atoms with Gasteiger partial charge in [0.2, 0.25) is 5.91 Å². The molecule has 36 heavy (non-hydrogen) atoms. The molecule has 3 unspecified atom stereocenters. The molecule has 190 valence electrons. The van der Waals surface area contributed by atoms with Crippen molar-refractivity contribution in [2.45, 2.75) is 38.8 Å². The topological polar surface area (TPSA) is 50.8 Å². The van der Waals surface area contributed by atoms with Crippen LogP contribution in [-0.2, 0) is 11.3 Å². The number of likely N-dealkylation sites (tertiary alicyclic amines) is 1. The van der Waals surface area contributed by atoms with Crippen molar-refractivity contribution in [1.29, 1.82) is 0 Å². The molecule has 1 aliphatic heterocycles. The lowest BCUT2D eigenvalue weighted by atomic mass is 9.83. The Labute approximate surface area is 213 Å². The summed E-state index contributed by atoms with van der Waals surface area (Å²) in [6.45, 7) is 5.87. The van der Waals surface area contributed by atoms with E-state index in [4.69, 9.17) is 9.47 Å². The largest absolute Gasteiger partial charge is 0.497 e. The van der Waals surface area contributed by atoms with Crippen LogP contribution in [0.4, 0.5) is 4.39 Å². The number of rotatable bonds is 8. The molecule has 0 saturated carbocycles. The average Bonchev–Trinajstić information content (AvgIpc) is 2.90. The van der Waals surface area contributed by atoms with Crippen molar-refractivity contribution >= 4 is 5.91 Å². The summed E-state index contributed by atoms with van der Waals surface area (Å²) in [4.78, 5) is 15.7. The van der Waals surface area contributed by atoms with E-state index < -0.39 is 0 Å². The third-order valence-electron chi connectivity index (χ3n) is 7.03. The van der Waals surface area contributed by atoms with Crippen LogP contribution in [0.3, 0.4) is 0 Å². The SMILES string of the molecule is COc1cc(CN2CC(C(=O)NC(C)c3ccccc3)CC(c3ccc(F)c(C)c3)C2)cc(OC)c1. The molecule has 0 aromatic heterocycles. The predicted molar refractivity (Wildman–Crippen MR) is 140 cm³/mol. The predicted octanol–water partition coefficient (Wildman–Crippen LogP) is 5.63. The average molecular weight is 491 g/mol. The van der Waals surface area contributed by atoms with E-state index in [0.29, 0.717) is 18.7 Å². The van der Waals surface area contributed by atoms with Gasteiger partial charge in [0.15, 0.2) is 0 Å². The molecule has 0 bridgehead atoms. The fourth-order valence-corrected chi connectivity index (χ4v) is 5.04. The van der Waals surface area contributed by atoms with Gasteiger partial charge in [-0.05, 0) is 66.6 Å². The molecular formula is C30H35FN2O3. The Kier molecular flexibility index (Phi) is 8.26. The third-order valence-corrected chi connectivity index (χ3v) is 7.03. The fourth-order valence-electron chi connectivity index (χ4n) is 5.04. The minimum absolute atomic E-state index is 0.0445. The minimum Gasteiger partial charge on any atom is -0.497 e. The van der Waals surface area contributed by atoms with Gasteiger partial charge in [-0.25, -0.2) is 4.39 Å². The highest BCUT2D eigenvalue weighted by Gasteiger charge is 2.33. The van der Waals surface area contributed by atoms with Gasteiger partial charge in [0, 0.05) is 25.7 Å². The van der Waals surface area contributed by atoms with Gasteiger partial charge in [-0.2, -0.15) is 0 Å². The first-order valence-corrected chi connectivity index (χ1v) is 12.4. The highest BCUT2D eigenvalue weighted by Crippen LogP contribution is 2.33. The van der Waals surface area contributed by atoms with Gasteiger partial charge in [-0.1, -0.05) is 42.5 Å². The molecule has 1 N–H and O–H groups in total. The van der Waals surface area contributed by atoms with Crippen LogP contribution in [0.5, 0.6) is 11.5 Å². The summed E-state index contributed by atoms with van der Waals surface area (Å²) in [5.41, 5.74) is 3.82. The summed E-state index contributed by atoms with van der Waals surface area (Å²) >= 11 is 0. The van der Waals surface area contributed by atoms with E-state index in [1.54, 1.807) is 21.1 Å². The summed E-state index contributed by atoms with van der Waals surface area (Å²) in [5.74, 6) is 1.24. The number of piperidine rings is 1. The van der Waals surface area contributed by atoms with Crippen molar-refractivity contribution in [2.75, 3.05) is 27.3 Å². The van der Waals surface area contributed by atoms with E-state index in [-0.39, 0.29) is 29.6 Å². The van der Waals surface area contributed by atoms with Gasteiger partial charge < -0.3 is 14.8 Å². The van der Waals surface area contributed by atoms with E-state index in [2.05, 4.69) is 10.2 Å². The normalized spacial score (nSPS) is 18.9. The van der Waals surface area contributed by atoms with Crippen LogP contribution in [0, 0.1) is 18.7 Å². The zero-order chi connectivity index (χ0) is 25.7. The second-order valence-corrected chi connectivity index (χ2v) is 9.69. The maximum absolute atomic E-state index is 14.0. The van der Waals surface area contributed by atoms with Crippen molar-refractivity contribution in [3.8, 4) is 11.5 Å². The first-order valence-electron chi connectivity index (χ1n) is 12.4. The summed E-state index contributed by atoms with van der Waals surface area (Å²) in [6, 6.07) is 21.1. The summed E-state index contributed by atoms with van der Waals surface area (Å²) < 4.78 is 24.9. The number of halogens is 1. The second kappa shape index (κ2) is 11.6. The molecule has 0 spiro atoms. The molecule has 3 atom stereocenters. The van der Waals surface area contributed by atoms with Crippen LogP contribution in [0.25, 0.3) is 0 Å². The lowest BCUT2D eigenvalue weighted by molar-refractivity contribution is -0.127. The number of nitrogens with zero attached hydrogens (tertiary/aromatic N) is 1. The van der Waals surface area contributed by atoms with Crippen LogP contribution in [-0.4, -0.2) is 38.1 Å². The number of amides is 1. The van der Waals surface area contributed by atoms with E-state index in [1.165, 1.54) is 6.07 Å². The Morgan fingerprint density at radius 1 is 1.03 bits per heavy atom. The zero-order valence-electron chi connectivity index (χ0n) is 21.5. The van der Waals surface area contributed by atoms with Crippen LogP contribution in [0.2, 0.25) is 0 Å². The van der Waals surface area contributed by atoms with E-state index in [9.17, 15) is 9.18 Å². The Balaban J connectivity index is 1.57. The molecule has 1 aliphatic rings. The number of carbonyl (C=O) groups excluding carboxylic acids is 1. The standard InChI is InChI=1S/C30H35FN2O3/c1-20-12-24(10-11-29(20)31)25-15-26(30(34)32-21(2)23-8-6-5-7-9-23)19-33(18-25)17-22-13-27(35-3)16-28(14-22)36-4/h5-14,16,21,25-26H,15,17-19H2,1-4H3,(H,32,34). The first-order chi connectivity index (χ1) is 17.4. The molecule has 3 aromatic rings. The number of ether oxygens (including phenoxy) is 2. The van der Waals surface area contributed by atoms with E-state index in [0.717, 1.165) is 41.2 Å². The first kappa shape index (κ1) is 25.7. The van der Waals surface area contributed by atoms with Gasteiger partial charge in [0.25, 0.3) is 0 Å². The van der Waals surface area contributed by atoms with Crippen LogP contribution in [0.15, 0.2) is 66.7 Å². The number of hydrogen-bond donors (Lipinski definition) is 1. The van der Waals surface area contributed by atoms with Crippen molar-refractivity contribution < 1.29 is 18.7 Å². The Bertz CT molecular complexity index is 1160. The fraction of sp³-hybridized carbons (Fsp3) is 0.367. The number of carbonyl (C=O) groups is 1. The van der Waals surface area contributed by atoms with Gasteiger partial charge in [0.05, 0.1) is 26.2 Å². The minimum atomic E-state index is -0.208. The van der Waals surface area contributed by atoms with Gasteiger partial charge in [-0.15, -0.1) is 0 Å². The Hall–Kier alpha value is -3.38. The molecule has 1 fully saturated rings. The molecule has 0 radical (unpaired) electrons. The summed E-state index contributed by atoms with van der Waals surface area (Å²) in [6.07, 6.45) is 0.719. The molecule has 0 aliphatic carbocycles. The smallest absolute Gasteiger partial charge is 0.224 e. The van der Waals surface area contributed by atoms with Gasteiger partial charge in [0.1, 0.15) is 17.3 Å². The monoisotopic (exact) mass is 490 g/mol. The van der Waals surface area contributed by atoms with Gasteiger partial charge >= 0.3 is 0 Å². The van der Waals surface area contributed by atoms with Gasteiger partial charge in [-0.3, -0.25) is 9.69 Å². The zero-order valence-corrected chi connectivity index (χ0v) is 21.5. The Morgan fingerprint density at radius 2 is 1.72 bits per heavy atom.